The van der Waals surface area contributed by atoms with Gasteiger partial charge < -0.3 is 10.1 Å². The summed E-state index contributed by atoms with van der Waals surface area (Å²) in [4.78, 5) is 13.2. The van der Waals surface area contributed by atoms with Crippen molar-refractivity contribution in [1.29, 1.82) is 0 Å². The second-order valence-corrected chi connectivity index (χ2v) is 10.2. The average molecular weight is 465 g/mol. The number of ether oxygens (including phenoxy) is 1. The molecule has 0 spiro atoms. The van der Waals surface area contributed by atoms with Gasteiger partial charge in [0, 0.05) is 37.8 Å². The van der Waals surface area contributed by atoms with E-state index in [2.05, 4.69) is 17.4 Å². The lowest BCUT2D eigenvalue weighted by atomic mass is 9.74. The number of hydrogen-bond donors (Lipinski definition) is 1. The lowest BCUT2D eigenvalue weighted by Crippen LogP contribution is -2.44. The molecule has 0 aromatic heterocycles. The standard InChI is InChI=1S/C26H28N2O4S/c1-28(33(30,31)24-13-6-3-7-14-24)23-12-8-9-21(19-23)25(29)27-20-26(15-17-32-18-16-26)22-10-4-2-5-11-22/h2-14,19H,15-18,20H2,1H3,(H,27,29). The molecule has 0 unspecified atom stereocenters. The van der Waals surface area contributed by atoms with Crippen LogP contribution >= 0.6 is 0 Å². The zero-order chi connectivity index (χ0) is 23.3. The Kier molecular flexibility index (Phi) is 6.81. The van der Waals surface area contributed by atoms with E-state index in [-0.39, 0.29) is 16.2 Å². The molecule has 33 heavy (non-hydrogen) atoms. The van der Waals surface area contributed by atoms with Gasteiger partial charge >= 0.3 is 0 Å². The molecule has 0 saturated carbocycles. The molecule has 1 heterocycles. The van der Waals surface area contributed by atoms with Gasteiger partial charge in [-0.15, -0.1) is 0 Å². The number of benzene rings is 3. The molecule has 1 aliphatic heterocycles. The van der Waals surface area contributed by atoms with Gasteiger partial charge in [-0.2, -0.15) is 0 Å². The number of anilines is 1. The molecule has 0 atom stereocenters. The van der Waals surface area contributed by atoms with Gasteiger partial charge in [0.25, 0.3) is 15.9 Å². The highest BCUT2D eigenvalue weighted by atomic mass is 32.2. The summed E-state index contributed by atoms with van der Waals surface area (Å²) in [5.74, 6) is -0.232. The molecule has 1 N–H and O–H groups in total. The molecule has 1 saturated heterocycles. The fourth-order valence-corrected chi connectivity index (χ4v) is 5.41. The van der Waals surface area contributed by atoms with Crippen LogP contribution in [-0.2, 0) is 20.2 Å². The van der Waals surface area contributed by atoms with Gasteiger partial charge in [0.05, 0.1) is 10.6 Å². The summed E-state index contributed by atoms with van der Waals surface area (Å²) in [5, 5.41) is 3.08. The van der Waals surface area contributed by atoms with Gasteiger partial charge in [-0.1, -0.05) is 54.6 Å². The molecule has 7 heteroatoms. The maximum absolute atomic E-state index is 13.0. The smallest absolute Gasteiger partial charge is 0.264 e. The van der Waals surface area contributed by atoms with E-state index in [1.165, 1.54) is 16.9 Å². The predicted molar refractivity (Wildman–Crippen MR) is 129 cm³/mol. The number of sulfonamides is 1. The first-order valence-electron chi connectivity index (χ1n) is 11.0. The highest BCUT2D eigenvalue weighted by Gasteiger charge is 2.34. The SMILES string of the molecule is CN(c1cccc(C(=O)NCC2(c3ccccc3)CCOCC2)c1)S(=O)(=O)c1ccccc1. The Morgan fingerprint density at radius 2 is 1.58 bits per heavy atom. The lowest BCUT2D eigenvalue weighted by Gasteiger charge is -2.38. The van der Waals surface area contributed by atoms with Crippen LogP contribution in [0.1, 0.15) is 28.8 Å². The van der Waals surface area contributed by atoms with E-state index in [9.17, 15) is 13.2 Å². The summed E-state index contributed by atoms with van der Waals surface area (Å²) in [6.45, 7) is 1.80. The van der Waals surface area contributed by atoms with Crippen LogP contribution in [0.25, 0.3) is 0 Å². The van der Waals surface area contributed by atoms with Crippen LogP contribution in [0.4, 0.5) is 5.69 Å². The minimum Gasteiger partial charge on any atom is -0.381 e. The average Bonchev–Trinajstić information content (AvgIpc) is 2.88. The third-order valence-electron chi connectivity index (χ3n) is 6.30. The molecule has 0 bridgehead atoms. The number of carbonyl (C=O) groups excluding carboxylic acids is 1. The van der Waals surface area contributed by atoms with E-state index in [4.69, 9.17) is 4.74 Å². The van der Waals surface area contributed by atoms with Gasteiger partial charge in [-0.25, -0.2) is 8.42 Å². The van der Waals surface area contributed by atoms with Gasteiger partial charge in [-0.3, -0.25) is 9.10 Å². The van der Waals surface area contributed by atoms with Crippen LogP contribution in [0.2, 0.25) is 0 Å². The molecule has 6 nitrogen and oxygen atoms in total. The van der Waals surface area contributed by atoms with Crippen molar-refractivity contribution in [2.45, 2.75) is 23.2 Å². The number of amides is 1. The van der Waals surface area contributed by atoms with Crippen molar-refractivity contribution in [3.8, 4) is 0 Å². The number of hydrogen-bond acceptors (Lipinski definition) is 4. The molecule has 3 aromatic carbocycles. The first-order chi connectivity index (χ1) is 15.9. The fraction of sp³-hybridized carbons (Fsp3) is 0.269. The molecular formula is C26H28N2O4S. The number of rotatable bonds is 7. The molecule has 1 amide bonds. The Bertz CT molecular complexity index is 1190. The summed E-state index contributed by atoms with van der Waals surface area (Å²) >= 11 is 0. The summed E-state index contributed by atoms with van der Waals surface area (Å²) in [5.41, 5.74) is 1.85. The summed E-state index contributed by atoms with van der Waals surface area (Å²) in [7, 11) is -2.23. The van der Waals surface area contributed by atoms with Gasteiger partial charge in [0.2, 0.25) is 0 Å². The van der Waals surface area contributed by atoms with E-state index in [1.54, 1.807) is 54.6 Å². The van der Waals surface area contributed by atoms with E-state index in [1.807, 2.05) is 18.2 Å². The maximum atomic E-state index is 13.0. The Morgan fingerprint density at radius 1 is 0.939 bits per heavy atom. The third-order valence-corrected chi connectivity index (χ3v) is 8.10. The number of carbonyl (C=O) groups is 1. The largest absolute Gasteiger partial charge is 0.381 e. The van der Waals surface area contributed by atoms with E-state index in [0.717, 1.165) is 12.8 Å². The fourth-order valence-electron chi connectivity index (χ4n) is 4.21. The minimum absolute atomic E-state index is 0.180. The van der Waals surface area contributed by atoms with Crippen molar-refractivity contribution in [2.24, 2.45) is 0 Å². The zero-order valence-electron chi connectivity index (χ0n) is 18.6. The highest BCUT2D eigenvalue weighted by molar-refractivity contribution is 7.92. The number of nitrogens with one attached hydrogen (secondary N) is 1. The van der Waals surface area contributed by atoms with Crippen LogP contribution in [0.3, 0.4) is 0 Å². The van der Waals surface area contributed by atoms with Gasteiger partial charge in [-0.05, 0) is 48.7 Å². The van der Waals surface area contributed by atoms with Crippen molar-refractivity contribution < 1.29 is 17.9 Å². The van der Waals surface area contributed by atoms with Crippen molar-refractivity contribution in [1.82, 2.24) is 5.32 Å². The predicted octanol–water partition coefficient (Wildman–Crippen LogP) is 3.99. The molecule has 1 fully saturated rings. The van der Waals surface area contributed by atoms with Crippen LogP contribution < -0.4 is 9.62 Å². The quantitative estimate of drug-likeness (QED) is 0.574. The monoisotopic (exact) mass is 464 g/mol. The molecule has 0 aliphatic carbocycles. The van der Waals surface area contributed by atoms with Crippen molar-refractivity contribution in [2.75, 3.05) is 31.1 Å². The maximum Gasteiger partial charge on any atom is 0.264 e. The molecule has 4 rings (SSSR count). The summed E-state index contributed by atoms with van der Waals surface area (Å²) < 4.78 is 32.7. The second-order valence-electron chi connectivity index (χ2n) is 8.28. The first kappa shape index (κ1) is 23.0. The van der Waals surface area contributed by atoms with Crippen molar-refractivity contribution >= 4 is 21.6 Å². The van der Waals surface area contributed by atoms with E-state index in [0.29, 0.717) is 31.0 Å². The molecule has 1 aliphatic rings. The minimum atomic E-state index is -3.72. The molecule has 172 valence electrons. The second kappa shape index (κ2) is 9.77. The van der Waals surface area contributed by atoms with Gasteiger partial charge in [0.1, 0.15) is 0 Å². The Morgan fingerprint density at radius 3 is 2.24 bits per heavy atom. The van der Waals surface area contributed by atoms with Crippen LogP contribution in [0, 0.1) is 0 Å². The zero-order valence-corrected chi connectivity index (χ0v) is 19.4. The normalized spacial score (nSPS) is 15.5. The topological polar surface area (TPSA) is 75.7 Å². The van der Waals surface area contributed by atoms with Crippen LogP contribution in [0.15, 0.2) is 89.8 Å². The Hall–Kier alpha value is -3.16. The van der Waals surface area contributed by atoms with Crippen LogP contribution in [0.5, 0.6) is 0 Å². The Labute approximate surface area is 195 Å². The third kappa shape index (κ3) is 4.94. The first-order valence-corrected chi connectivity index (χ1v) is 12.4. The molecule has 0 radical (unpaired) electrons. The molecular weight excluding hydrogens is 436 g/mol. The lowest BCUT2D eigenvalue weighted by molar-refractivity contribution is 0.0487. The highest BCUT2D eigenvalue weighted by Crippen LogP contribution is 2.34. The van der Waals surface area contributed by atoms with E-state index >= 15 is 0 Å². The molecule has 3 aromatic rings. The number of nitrogens with zero attached hydrogens (tertiary/aromatic N) is 1. The summed E-state index contributed by atoms with van der Waals surface area (Å²) in [6.07, 6.45) is 1.66. The van der Waals surface area contributed by atoms with Crippen molar-refractivity contribution in [3.05, 3.63) is 96.1 Å². The van der Waals surface area contributed by atoms with Gasteiger partial charge in [0.15, 0.2) is 0 Å². The summed E-state index contributed by atoms with van der Waals surface area (Å²) in [6, 6.07) is 25.1. The van der Waals surface area contributed by atoms with Crippen molar-refractivity contribution in [3.63, 3.8) is 0 Å². The van der Waals surface area contributed by atoms with Crippen LogP contribution in [-0.4, -0.2) is 41.1 Å². The Balaban J connectivity index is 1.52. The van der Waals surface area contributed by atoms with E-state index < -0.39 is 10.0 Å².